The summed E-state index contributed by atoms with van der Waals surface area (Å²) in [5, 5.41) is 11.6. The van der Waals surface area contributed by atoms with Gasteiger partial charge in [0.15, 0.2) is 5.60 Å². The average molecular weight is 312 g/mol. The van der Waals surface area contributed by atoms with Gasteiger partial charge in [-0.05, 0) is 43.6 Å². The normalized spacial score (nSPS) is 23.7. The highest BCUT2D eigenvalue weighted by Crippen LogP contribution is 2.50. The highest BCUT2D eigenvalue weighted by Gasteiger charge is 2.48. The summed E-state index contributed by atoms with van der Waals surface area (Å²) in [7, 11) is 0. The van der Waals surface area contributed by atoms with Crippen molar-refractivity contribution in [1.82, 2.24) is 0 Å². The van der Waals surface area contributed by atoms with Gasteiger partial charge < -0.3 is 10.0 Å². The van der Waals surface area contributed by atoms with Crippen molar-refractivity contribution in [3.63, 3.8) is 0 Å². The van der Waals surface area contributed by atoms with Gasteiger partial charge in [0.25, 0.3) is 0 Å². The fourth-order valence-electron chi connectivity index (χ4n) is 4.29. The SMILES string of the molecule is CC1([C@](O)(C#CC[NH+]2CCCCC2)c2ccccc2)CCCC1. The Balaban J connectivity index is 1.84. The van der Waals surface area contributed by atoms with Crippen LogP contribution < -0.4 is 4.90 Å². The van der Waals surface area contributed by atoms with E-state index in [2.05, 4.69) is 18.8 Å². The molecule has 0 spiro atoms. The van der Waals surface area contributed by atoms with Crippen LogP contribution in [0.15, 0.2) is 30.3 Å². The third-order valence-corrected chi connectivity index (χ3v) is 5.94. The Morgan fingerprint density at radius 3 is 2.35 bits per heavy atom. The maximum Gasteiger partial charge on any atom is 0.156 e. The predicted octanol–water partition coefficient (Wildman–Crippen LogP) is 2.53. The highest BCUT2D eigenvalue weighted by molar-refractivity contribution is 5.35. The van der Waals surface area contributed by atoms with Crippen LogP contribution in [0, 0.1) is 17.3 Å². The first-order valence-electron chi connectivity index (χ1n) is 9.26. The van der Waals surface area contributed by atoms with Crippen molar-refractivity contribution in [2.45, 2.75) is 57.5 Å². The topological polar surface area (TPSA) is 24.7 Å². The number of quaternary nitrogens is 1. The Labute approximate surface area is 140 Å². The van der Waals surface area contributed by atoms with E-state index in [4.69, 9.17) is 0 Å². The first kappa shape index (κ1) is 16.6. The zero-order valence-corrected chi connectivity index (χ0v) is 14.4. The zero-order valence-electron chi connectivity index (χ0n) is 14.4. The summed E-state index contributed by atoms with van der Waals surface area (Å²) >= 11 is 0. The van der Waals surface area contributed by atoms with E-state index in [1.807, 2.05) is 30.3 Å². The zero-order chi connectivity index (χ0) is 16.2. The molecule has 1 aliphatic carbocycles. The minimum absolute atomic E-state index is 0.126. The van der Waals surface area contributed by atoms with Crippen molar-refractivity contribution in [2.24, 2.45) is 5.41 Å². The van der Waals surface area contributed by atoms with Crippen LogP contribution in [0.2, 0.25) is 0 Å². The molecule has 0 bridgehead atoms. The van der Waals surface area contributed by atoms with Crippen LogP contribution >= 0.6 is 0 Å². The Morgan fingerprint density at radius 1 is 1.04 bits per heavy atom. The summed E-state index contributed by atoms with van der Waals surface area (Å²) in [6.07, 6.45) is 8.51. The molecule has 1 aliphatic heterocycles. The smallest absolute Gasteiger partial charge is 0.156 e. The number of rotatable bonds is 3. The first-order valence-corrected chi connectivity index (χ1v) is 9.26. The molecule has 0 amide bonds. The van der Waals surface area contributed by atoms with Crippen molar-refractivity contribution >= 4 is 0 Å². The van der Waals surface area contributed by atoms with Crippen molar-refractivity contribution in [2.75, 3.05) is 19.6 Å². The molecule has 124 valence electrons. The molecular formula is C21H30NO+. The van der Waals surface area contributed by atoms with Crippen molar-refractivity contribution in [1.29, 1.82) is 0 Å². The van der Waals surface area contributed by atoms with Gasteiger partial charge in [-0.25, -0.2) is 0 Å². The Kier molecular flexibility index (Phi) is 5.09. The second kappa shape index (κ2) is 7.07. The number of nitrogens with one attached hydrogen (secondary N) is 1. The second-order valence-electron chi connectivity index (χ2n) is 7.63. The van der Waals surface area contributed by atoms with Gasteiger partial charge in [-0.3, -0.25) is 0 Å². The molecule has 0 aromatic heterocycles. The van der Waals surface area contributed by atoms with Crippen molar-refractivity contribution in [3.05, 3.63) is 35.9 Å². The molecule has 2 fully saturated rings. The molecule has 3 rings (SSSR count). The lowest BCUT2D eigenvalue weighted by Gasteiger charge is -2.39. The molecule has 1 aromatic rings. The molecule has 0 unspecified atom stereocenters. The summed E-state index contributed by atoms with van der Waals surface area (Å²) in [5.41, 5.74) is -0.177. The molecule has 2 aliphatic rings. The van der Waals surface area contributed by atoms with E-state index in [0.29, 0.717) is 0 Å². The van der Waals surface area contributed by atoms with Crippen LogP contribution in [0.25, 0.3) is 0 Å². The molecule has 1 saturated heterocycles. The molecular weight excluding hydrogens is 282 g/mol. The van der Waals surface area contributed by atoms with Gasteiger partial charge in [0.2, 0.25) is 0 Å². The van der Waals surface area contributed by atoms with Crippen LogP contribution in [0.5, 0.6) is 0 Å². The standard InChI is InChI=1S/C21H29NO/c1-20(13-6-7-14-20)21(23,19-11-4-2-5-12-19)15-10-18-22-16-8-3-9-17-22/h2,4-5,11-12,23H,3,6-9,13-14,16-18H2,1H3/p+1/t21-/m0/s1. The van der Waals surface area contributed by atoms with E-state index in [0.717, 1.165) is 24.9 Å². The van der Waals surface area contributed by atoms with E-state index < -0.39 is 5.60 Å². The first-order chi connectivity index (χ1) is 11.1. The number of aliphatic hydroxyl groups is 1. The van der Waals surface area contributed by atoms with Crippen LogP contribution in [-0.2, 0) is 5.60 Å². The van der Waals surface area contributed by atoms with Crippen molar-refractivity contribution < 1.29 is 10.0 Å². The quantitative estimate of drug-likeness (QED) is 0.824. The molecule has 1 heterocycles. The van der Waals surface area contributed by atoms with Crippen molar-refractivity contribution in [3.8, 4) is 11.8 Å². The molecule has 2 N–H and O–H groups in total. The third-order valence-electron chi connectivity index (χ3n) is 5.94. The minimum atomic E-state index is -1.01. The van der Waals surface area contributed by atoms with E-state index in [-0.39, 0.29) is 5.41 Å². The maximum atomic E-state index is 11.6. The minimum Gasteiger partial charge on any atom is -0.373 e. The lowest BCUT2D eigenvalue weighted by atomic mass is 9.68. The third kappa shape index (κ3) is 3.47. The van der Waals surface area contributed by atoms with Gasteiger partial charge >= 0.3 is 0 Å². The molecule has 2 nitrogen and oxygen atoms in total. The van der Waals surface area contributed by atoms with E-state index >= 15 is 0 Å². The lowest BCUT2D eigenvalue weighted by Crippen LogP contribution is -3.12. The molecule has 23 heavy (non-hydrogen) atoms. The molecule has 2 heteroatoms. The number of hydrogen-bond donors (Lipinski definition) is 2. The van der Waals surface area contributed by atoms with E-state index in [1.54, 1.807) is 4.90 Å². The van der Waals surface area contributed by atoms with E-state index in [1.165, 1.54) is 45.2 Å². The number of likely N-dealkylation sites (tertiary alicyclic amines) is 1. The van der Waals surface area contributed by atoms with Crippen LogP contribution in [0.3, 0.4) is 0 Å². The lowest BCUT2D eigenvalue weighted by molar-refractivity contribution is -0.897. The van der Waals surface area contributed by atoms with Gasteiger partial charge in [-0.1, -0.05) is 56.0 Å². The maximum absolute atomic E-state index is 11.6. The Hall–Kier alpha value is -1.30. The summed E-state index contributed by atoms with van der Waals surface area (Å²) < 4.78 is 0. The van der Waals surface area contributed by atoms with Gasteiger partial charge in [-0.15, -0.1) is 0 Å². The van der Waals surface area contributed by atoms with Gasteiger partial charge in [0, 0.05) is 5.41 Å². The van der Waals surface area contributed by atoms with Gasteiger partial charge in [0.05, 0.1) is 13.1 Å². The van der Waals surface area contributed by atoms with Gasteiger partial charge in [0.1, 0.15) is 6.54 Å². The molecule has 1 atom stereocenters. The van der Waals surface area contributed by atoms with E-state index in [9.17, 15) is 5.11 Å². The predicted molar refractivity (Wildman–Crippen MR) is 94.1 cm³/mol. The largest absolute Gasteiger partial charge is 0.373 e. The summed E-state index contributed by atoms with van der Waals surface area (Å²) in [4.78, 5) is 1.58. The number of hydrogen-bond acceptors (Lipinski definition) is 1. The van der Waals surface area contributed by atoms with Crippen LogP contribution in [-0.4, -0.2) is 24.7 Å². The fraction of sp³-hybridized carbons (Fsp3) is 0.619. The summed E-state index contributed by atoms with van der Waals surface area (Å²) in [5.74, 6) is 6.69. The van der Waals surface area contributed by atoms with Gasteiger partial charge in [-0.2, -0.15) is 0 Å². The molecule has 1 aromatic carbocycles. The highest BCUT2D eigenvalue weighted by atomic mass is 16.3. The molecule has 1 saturated carbocycles. The second-order valence-corrected chi connectivity index (χ2v) is 7.63. The summed E-state index contributed by atoms with van der Waals surface area (Å²) in [6, 6.07) is 10.1. The number of benzene rings is 1. The Morgan fingerprint density at radius 2 is 1.70 bits per heavy atom. The average Bonchev–Trinajstić information content (AvgIpc) is 3.05. The summed E-state index contributed by atoms with van der Waals surface area (Å²) in [6.45, 7) is 5.55. The Bertz CT molecular complexity index is 558. The van der Waals surface area contributed by atoms with Crippen LogP contribution in [0.4, 0.5) is 0 Å². The van der Waals surface area contributed by atoms with Crippen LogP contribution in [0.1, 0.15) is 57.4 Å². The molecule has 0 radical (unpaired) electrons. The monoisotopic (exact) mass is 312 g/mol. The number of piperidine rings is 1. The fourth-order valence-corrected chi connectivity index (χ4v) is 4.29.